The molecule has 2 aromatic heterocycles. The van der Waals surface area contributed by atoms with Gasteiger partial charge < -0.3 is 15.2 Å². The van der Waals surface area contributed by atoms with E-state index in [1.165, 1.54) is 22.3 Å². The molecule has 1 fully saturated rings. The number of aryl methyl sites for hydroxylation is 1. The second-order valence-electron chi connectivity index (χ2n) is 6.39. The monoisotopic (exact) mass is 371 g/mol. The van der Waals surface area contributed by atoms with E-state index in [0.29, 0.717) is 43.6 Å². The summed E-state index contributed by atoms with van der Waals surface area (Å²) in [6, 6.07) is 4.24. The van der Waals surface area contributed by atoms with Crippen LogP contribution in [0.2, 0.25) is 0 Å². The Bertz CT molecular complexity index is 948. The Morgan fingerprint density at radius 3 is 2.85 bits per heavy atom. The van der Waals surface area contributed by atoms with Gasteiger partial charge in [-0.05, 0) is 30.4 Å². The van der Waals surface area contributed by atoms with Crippen LogP contribution in [0.25, 0.3) is 0 Å². The number of carbonyl (C=O) groups is 3. The normalized spacial score (nSPS) is 19.8. The molecule has 2 amide bonds. The molecule has 2 aromatic rings. The molecule has 2 N–H and O–H groups in total. The van der Waals surface area contributed by atoms with Crippen molar-refractivity contribution >= 4 is 28.9 Å². The molecule has 4 rings (SSSR count). The Labute approximate surface area is 153 Å². The fourth-order valence-electron chi connectivity index (χ4n) is 3.50. The molecule has 0 bridgehead atoms. The van der Waals surface area contributed by atoms with Gasteiger partial charge in [-0.25, -0.2) is 0 Å². The summed E-state index contributed by atoms with van der Waals surface area (Å²) in [6.07, 6.45) is 1.73. The van der Waals surface area contributed by atoms with Crippen LogP contribution in [0.5, 0.6) is 0 Å². The van der Waals surface area contributed by atoms with Gasteiger partial charge in [-0.15, -0.1) is 11.3 Å². The van der Waals surface area contributed by atoms with Crippen LogP contribution < -0.4 is 10.9 Å². The minimum Gasteiger partial charge on any atom is -0.352 e. The Morgan fingerprint density at radius 1 is 1.23 bits per heavy atom. The number of nitrogens with zero attached hydrogens (tertiary/aromatic N) is 1. The predicted octanol–water partition coefficient (Wildman–Crippen LogP) is 1.27. The summed E-state index contributed by atoms with van der Waals surface area (Å²) in [4.78, 5) is 54.9. The van der Waals surface area contributed by atoms with Crippen LogP contribution in [0.1, 0.15) is 50.2 Å². The number of hydrogen-bond acceptors (Lipinski definition) is 5. The van der Waals surface area contributed by atoms with Crippen molar-refractivity contribution in [2.45, 2.75) is 25.3 Å². The van der Waals surface area contributed by atoms with Gasteiger partial charge in [0.2, 0.25) is 5.91 Å². The first-order chi connectivity index (χ1) is 12.6. The summed E-state index contributed by atoms with van der Waals surface area (Å²) >= 11 is 1.38. The van der Waals surface area contributed by atoms with Crippen molar-refractivity contribution in [3.8, 4) is 0 Å². The summed E-state index contributed by atoms with van der Waals surface area (Å²) in [5.41, 5.74) is 0.400. The number of aromatic nitrogens is 1. The summed E-state index contributed by atoms with van der Waals surface area (Å²) in [5, 5.41) is 4.60. The van der Waals surface area contributed by atoms with Crippen molar-refractivity contribution in [1.82, 2.24) is 15.2 Å². The molecule has 2 aliphatic rings. The first-order valence-electron chi connectivity index (χ1n) is 8.48. The number of thiophene rings is 1. The van der Waals surface area contributed by atoms with Crippen LogP contribution in [-0.2, 0) is 11.2 Å². The van der Waals surface area contributed by atoms with Crippen LogP contribution in [0.3, 0.4) is 0 Å². The quantitative estimate of drug-likeness (QED) is 0.830. The fourth-order valence-corrected chi connectivity index (χ4v) is 4.34. The van der Waals surface area contributed by atoms with Gasteiger partial charge in [0.15, 0.2) is 5.78 Å². The summed E-state index contributed by atoms with van der Waals surface area (Å²) < 4.78 is 0. The average molecular weight is 371 g/mol. The van der Waals surface area contributed by atoms with E-state index in [-0.39, 0.29) is 17.3 Å². The molecule has 1 unspecified atom stereocenters. The lowest BCUT2D eigenvalue weighted by atomic mass is 9.93. The standard InChI is InChI=1S/C18H17N3O4S/c22-13-4-1-3-12-10(13)9-11(16(23)20-12)18(25)21-7-6-19-17(24)15(21)14-5-2-8-26-14/h2,5,8-9,15H,1,3-4,6-7H2,(H,19,24)(H,20,23). The Kier molecular flexibility index (Phi) is 4.20. The zero-order chi connectivity index (χ0) is 18.3. The minimum atomic E-state index is -0.762. The third-order valence-corrected chi connectivity index (χ3v) is 5.69. The Balaban J connectivity index is 1.75. The number of rotatable bonds is 2. The zero-order valence-corrected chi connectivity index (χ0v) is 14.7. The van der Waals surface area contributed by atoms with Gasteiger partial charge in [-0.3, -0.25) is 19.2 Å². The van der Waals surface area contributed by atoms with E-state index in [9.17, 15) is 19.2 Å². The van der Waals surface area contributed by atoms with Crippen molar-refractivity contribution in [2.24, 2.45) is 0 Å². The summed E-state index contributed by atoms with van der Waals surface area (Å²) in [5.74, 6) is -0.860. The van der Waals surface area contributed by atoms with Gasteiger partial charge in [-0.1, -0.05) is 6.07 Å². The highest BCUT2D eigenvalue weighted by Crippen LogP contribution is 2.28. The van der Waals surface area contributed by atoms with Crippen LogP contribution in [-0.4, -0.2) is 40.6 Å². The van der Waals surface area contributed by atoms with Crippen LogP contribution in [0.15, 0.2) is 28.4 Å². The van der Waals surface area contributed by atoms with E-state index >= 15 is 0 Å². The zero-order valence-electron chi connectivity index (χ0n) is 13.9. The van der Waals surface area contributed by atoms with Gasteiger partial charge in [0.1, 0.15) is 11.6 Å². The number of fused-ring (bicyclic) bond motifs is 1. The molecule has 1 atom stereocenters. The molecule has 134 valence electrons. The SMILES string of the molecule is O=C1CCCc2[nH]c(=O)c(C(=O)N3CCNC(=O)C3c3cccs3)cc21. The maximum absolute atomic E-state index is 13.1. The van der Waals surface area contributed by atoms with Gasteiger partial charge >= 0.3 is 0 Å². The minimum absolute atomic E-state index is 0.0669. The molecule has 0 saturated carbocycles. The molecule has 8 heteroatoms. The van der Waals surface area contributed by atoms with Gasteiger partial charge in [0.05, 0.1) is 0 Å². The Morgan fingerprint density at radius 2 is 2.08 bits per heavy atom. The number of hydrogen-bond donors (Lipinski definition) is 2. The smallest absolute Gasteiger partial charge is 0.261 e. The molecule has 3 heterocycles. The second kappa shape index (κ2) is 6.53. The van der Waals surface area contributed by atoms with Gasteiger partial charge in [0, 0.05) is 35.6 Å². The molecule has 1 aliphatic heterocycles. The van der Waals surface area contributed by atoms with Crippen LogP contribution in [0.4, 0.5) is 0 Å². The van der Waals surface area contributed by atoms with Gasteiger partial charge in [0.25, 0.3) is 11.5 Å². The van der Waals surface area contributed by atoms with Crippen molar-refractivity contribution in [1.29, 1.82) is 0 Å². The van der Waals surface area contributed by atoms with Crippen molar-refractivity contribution in [3.63, 3.8) is 0 Å². The largest absolute Gasteiger partial charge is 0.352 e. The number of H-pyrrole nitrogens is 1. The summed E-state index contributed by atoms with van der Waals surface area (Å²) in [6.45, 7) is 0.631. The van der Waals surface area contributed by atoms with E-state index in [1.807, 2.05) is 11.4 Å². The Hall–Kier alpha value is -2.74. The number of ketones is 1. The first kappa shape index (κ1) is 16.7. The number of Topliss-reactive ketones (excluding diaryl/α,β-unsaturated/α-hetero) is 1. The third kappa shape index (κ3) is 2.76. The number of aromatic amines is 1. The number of amides is 2. The maximum atomic E-state index is 13.1. The highest BCUT2D eigenvalue weighted by Gasteiger charge is 2.36. The highest BCUT2D eigenvalue weighted by molar-refractivity contribution is 7.10. The molecule has 0 aromatic carbocycles. The number of piperazine rings is 1. The molecule has 1 aliphatic carbocycles. The topological polar surface area (TPSA) is 99.3 Å². The van der Waals surface area contributed by atoms with Gasteiger partial charge in [-0.2, -0.15) is 0 Å². The lowest BCUT2D eigenvalue weighted by molar-refractivity contribution is -0.127. The first-order valence-corrected chi connectivity index (χ1v) is 9.35. The van der Waals surface area contributed by atoms with E-state index in [4.69, 9.17) is 0 Å². The lowest BCUT2D eigenvalue weighted by Gasteiger charge is -2.34. The fraction of sp³-hybridized carbons (Fsp3) is 0.333. The number of pyridine rings is 1. The van der Waals surface area contributed by atoms with Crippen molar-refractivity contribution < 1.29 is 14.4 Å². The predicted molar refractivity (Wildman–Crippen MR) is 95.4 cm³/mol. The van der Waals surface area contributed by atoms with E-state index < -0.39 is 17.5 Å². The van der Waals surface area contributed by atoms with E-state index in [2.05, 4.69) is 10.3 Å². The van der Waals surface area contributed by atoms with Crippen LogP contribution in [0, 0.1) is 0 Å². The highest BCUT2D eigenvalue weighted by atomic mass is 32.1. The van der Waals surface area contributed by atoms with E-state index in [1.54, 1.807) is 6.07 Å². The van der Waals surface area contributed by atoms with Crippen molar-refractivity contribution in [2.75, 3.05) is 13.1 Å². The summed E-state index contributed by atoms with van der Waals surface area (Å²) in [7, 11) is 0. The van der Waals surface area contributed by atoms with E-state index in [0.717, 1.165) is 4.88 Å². The average Bonchev–Trinajstić information content (AvgIpc) is 3.15. The lowest BCUT2D eigenvalue weighted by Crippen LogP contribution is -2.52. The molecule has 26 heavy (non-hydrogen) atoms. The maximum Gasteiger partial charge on any atom is 0.261 e. The third-order valence-electron chi connectivity index (χ3n) is 4.77. The molecule has 0 radical (unpaired) electrons. The second-order valence-corrected chi connectivity index (χ2v) is 7.37. The van der Waals surface area contributed by atoms with Crippen molar-refractivity contribution in [3.05, 3.63) is 55.6 Å². The van der Waals surface area contributed by atoms with Crippen LogP contribution >= 0.6 is 11.3 Å². The molecular weight excluding hydrogens is 354 g/mol. The number of carbonyl (C=O) groups excluding carboxylic acids is 3. The molecule has 7 nitrogen and oxygen atoms in total. The molecular formula is C18H17N3O4S. The molecule has 0 spiro atoms. The molecule has 1 saturated heterocycles. The number of nitrogens with one attached hydrogen (secondary N) is 2.